The van der Waals surface area contributed by atoms with Gasteiger partial charge in [-0.2, -0.15) is 0 Å². The van der Waals surface area contributed by atoms with Crippen LogP contribution >= 0.6 is 11.6 Å². The molecule has 1 unspecified atom stereocenters. The molecule has 1 fully saturated rings. The van der Waals surface area contributed by atoms with Crippen LogP contribution in [0.25, 0.3) is 0 Å². The molecule has 0 spiro atoms. The second-order valence-corrected chi connectivity index (χ2v) is 5.84. The van der Waals surface area contributed by atoms with Crippen LogP contribution in [0.4, 0.5) is 0 Å². The molecule has 0 aromatic heterocycles. The van der Waals surface area contributed by atoms with Crippen LogP contribution in [0.2, 0.25) is 0 Å². The van der Waals surface area contributed by atoms with E-state index >= 15 is 0 Å². The van der Waals surface area contributed by atoms with Gasteiger partial charge in [0.25, 0.3) is 0 Å². The number of ether oxygens (including phenoxy) is 2. The molecule has 84 valence electrons. The average molecular weight is 221 g/mol. The van der Waals surface area contributed by atoms with Gasteiger partial charge in [-0.25, -0.2) is 0 Å². The van der Waals surface area contributed by atoms with E-state index in [1.807, 2.05) is 27.7 Å². The Labute approximate surface area is 91.9 Å². The molecule has 0 bridgehead atoms. The second-order valence-electron chi connectivity index (χ2n) is 4.90. The van der Waals surface area contributed by atoms with Crippen molar-refractivity contribution in [3.63, 3.8) is 0 Å². The molecule has 1 heterocycles. The lowest BCUT2D eigenvalue weighted by Crippen LogP contribution is -2.46. The standard InChI is InChI=1S/C11H21ClO2/c1-10(2,12)11(3,4)14-9-7-5-6-8-13-9/h9H,5-8H2,1-4H3. The van der Waals surface area contributed by atoms with Gasteiger partial charge in [0.1, 0.15) is 0 Å². The molecule has 1 saturated heterocycles. The first-order valence-corrected chi connectivity index (χ1v) is 5.69. The fourth-order valence-corrected chi connectivity index (χ4v) is 1.32. The molecular weight excluding hydrogens is 200 g/mol. The molecule has 0 amide bonds. The van der Waals surface area contributed by atoms with Gasteiger partial charge >= 0.3 is 0 Å². The van der Waals surface area contributed by atoms with Crippen LogP contribution in [0.1, 0.15) is 47.0 Å². The van der Waals surface area contributed by atoms with Gasteiger partial charge in [0, 0.05) is 6.61 Å². The molecule has 1 rings (SSSR count). The predicted octanol–water partition coefficient (Wildman–Crippen LogP) is 3.33. The topological polar surface area (TPSA) is 18.5 Å². The molecule has 1 atom stereocenters. The molecule has 0 aliphatic carbocycles. The normalized spacial score (nSPS) is 25.1. The molecule has 0 radical (unpaired) electrons. The first kappa shape index (κ1) is 12.3. The number of alkyl halides is 1. The van der Waals surface area contributed by atoms with Crippen LogP contribution in [0.15, 0.2) is 0 Å². The Balaban J connectivity index is 2.49. The minimum absolute atomic E-state index is 0.0724. The summed E-state index contributed by atoms with van der Waals surface area (Å²) in [7, 11) is 0. The molecule has 0 N–H and O–H groups in total. The Kier molecular flexibility index (Phi) is 3.84. The summed E-state index contributed by atoms with van der Waals surface area (Å²) < 4.78 is 11.4. The maximum atomic E-state index is 6.26. The summed E-state index contributed by atoms with van der Waals surface area (Å²) in [5.41, 5.74) is -0.365. The lowest BCUT2D eigenvalue weighted by molar-refractivity contribution is -0.222. The van der Waals surface area contributed by atoms with Crippen molar-refractivity contribution in [2.75, 3.05) is 6.61 Å². The van der Waals surface area contributed by atoms with Gasteiger partial charge in [-0.05, 0) is 47.0 Å². The first-order valence-electron chi connectivity index (χ1n) is 5.31. The lowest BCUT2D eigenvalue weighted by atomic mass is 9.93. The van der Waals surface area contributed by atoms with Crippen molar-refractivity contribution in [1.29, 1.82) is 0 Å². The maximum absolute atomic E-state index is 6.26. The van der Waals surface area contributed by atoms with E-state index in [1.54, 1.807) is 0 Å². The van der Waals surface area contributed by atoms with Crippen LogP contribution in [-0.2, 0) is 9.47 Å². The smallest absolute Gasteiger partial charge is 0.158 e. The van der Waals surface area contributed by atoms with Crippen molar-refractivity contribution in [3.8, 4) is 0 Å². The van der Waals surface area contributed by atoms with Gasteiger partial charge in [0.05, 0.1) is 10.5 Å². The van der Waals surface area contributed by atoms with E-state index in [4.69, 9.17) is 21.1 Å². The molecule has 1 aliphatic rings. The van der Waals surface area contributed by atoms with Crippen molar-refractivity contribution in [1.82, 2.24) is 0 Å². The molecule has 0 aromatic rings. The van der Waals surface area contributed by atoms with E-state index in [9.17, 15) is 0 Å². The van der Waals surface area contributed by atoms with E-state index in [2.05, 4.69) is 0 Å². The Hall–Kier alpha value is 0.210. The van der Waals surface area contributed by atoms with Crippen LogP contribution < -0.4 is 0 Å². The van der Waals surface area contributed by atoms with Crippen LogP contribution in [-0.4, -0.2) is 23.4 Å². The quantitative estimate of drug-likeness (QED) is 0.680. The van der Waals surface area contributed by atoms with Crippen molar-refractivity contribution in [2.45, 2.75) is 63.7 Å². The second kappa shape index (κ2) is 4.38. The number of hydrogen-bond acceptors (Lipinski definition) is 2. The molecule has 14 heavy (non-hydrogen) atoms. The summed E-state index contributed by atoms with van der Waals surface area (Å²) >= 11 is 6.26. The van der Waals surface area contributed by atoms with E-state index in [0.717, 1.165) is 19.4 Å². The van der Waals surface area contributed by atoms with Gasteiger partial charge in [-0.15, -0.1) is 11.6 Å². The molecule has 2 nitrogen and oxygen atoms in total. The van der Waals surface area contributed by atoms with Crippen molar-refractivity contribution in [2.24, 2.45) is 0 Å². The first-order chi connectivity index (χ1) is 6.33. The molecule has 1 aliphatic heterocycles. The van der Waals surface area contributed by atoms with E-state index in [-0.39, 0.29) is 16.8 Å². The summed E-state index contributed by atoms with van der Waals surface area (Å²) in [6.07, 6.45) is 3.24. The monoisotopic (exact) mass is 220 g/mol. The zero-order chi connectivity index (χ0) is 10.8. The van der Waals surface area contributed by atoms with E-state index in [1.165, 1.54) is 6.42 Å². The van der Waals surface area contributed by atoms with Gasteiger partial charge in [0.15, 0.2) is 6.29 Å². The number of halogens is 1. The Morgan fingerprint density at radius 3 is 2.29 bits per heavy atom. The van der Waals surface area contributed by atoms with Gasteiger partial charge < -0.3 is 9.47 Å². The third-order valence-electron chi connectivity index (χ3n) is 3.00. The SMILES string of the molecule is CC(C)(Cl)C(C)(C)OC1CCCCO1. The summed E-state index contributed by atoms with van der Waals surface area (Å²) in [6, 6.07) is 0. The molecule has 0 aromatic carbocycles. The third kappa shape index (κ3) is 3.11. The Bertz CT molecular complexity index is 178. The summed E-state index contributed by atoms with van der Waals surface area (Å²) in [4.78, 5) is -0.381. The third-order valence-corrected chi connectivity index (χ3v) is 3.45. The summed E-state index contributed by atoms with van der Waals surface area (Å²) in [6.45, 7) is 8.77. The molecule has 0 saturated carbocycles. The minimum atomic E-state index is -0.381. The summed E-state index contributed by atoms with van der Waals surface area (Å²) in [5.74, 6) is 0. The Morgan fingerprint density at radius 1 is 1.21 bits per heavy atom. The summed E-state index contributed by atoms with van der Waals surface area (Å²) in [5, 5.41) is 0. The van der Waals surface area contributed by atoms with Crippen LogP contribution in [0.3, 0.4) is 0 Å². The van der Waals surface area contributed by atoms with Crippen molar-refractivity contribution in [3.05, 3.63) is 0 Å². The van der Waals surface area contributed by atoms with Gasteiger partial charge in [-0.3, -0.25) is 0 Å². The van der Waals surface area contributed by atoms with Crippen LogP contribution in [0, 0.1) is 0 Å². The number of hydrogen-bond donors (Lipinski definition) is 0. The van der Waals surface area contributed by atoms with Gasteiger partial charge in [-0.1, -0.05) is 0 Å². The number of rotatable bonds is 3. The highest BCUT2D eigenvalue weighted by atomic mass is 35.5. The van der Waals surface area contributed by atoms with Gasteiger partial charge in [0.2, 0.25) is 0 Å². The average Bonchev–Trinajstić information content (AvgIpc) is 2.03. The molecule has 3 heteroatoms. The Morgan fingerprint density at radius 2 is 1.86 bits per heavy atom. The van der Waals surface area contributed by atoms with E-state index < -0.39 is 0 Å². The predicted molar refractivity (Wildman–Crippen MR) is 58.7 cm³/mol. The molecular formula is C11H21ClO2. The zero-order valence-corrected chi connectivity index (χ0v) is 10.4. The maximum Gasteiger partial charge on any atom is 0.158 e. The van der Waals surface area contributed by atoms with Crippen molar-refractivity contribution < 1.29 is 9.47 Å². The highest BCUT2D eigenvalue weighted by Gasteiger charge is 2.38. The highest BCUT2D eigenvalue weighted by molar-refractivity contribution is 6.24. The fraction of sp³-hybridized carbons (Fsp3) is 1.00. The largest absolute Gasteiger partial charge is 0.353 e. The fourth-order valence-electron chi connectivity index (χ4n) is 1.27. The van der Waals surface area contributed by atoms with Crippen LogP contribution in [0.5, 0.6) is 0 Å². The minimum Gasteiger partial charge on any atom is -0.353 e. The van der Waals surface area contributed by atoms with E-state index in [0.29, 0.717) is 0 Å². The zero-order valence-electron chi connectivity index (χ0n) is 9.60. The lowest BCUT2D eigenvalue weighted by Gasteiger charge is -2.40. The highest BCUT2D eigenvalue weighted by Crippen LogP contribution is 2.34. The van der Waals surface area contributed by atoms with Crippen molar-refractivity contribution >= 4 is 11.6 Å².